The van der Waals surface area contributed by atoms with Crippen LogP contribution in [0.2, 0.25) is 5.02 Å². The summed E-state index contributed by atoms with van der Waals surface area (Å²) >= 11 is 6.42. The molecule has 94 valence electrons. The second kappa shape index (κ2) is 4.18. The van der Waals surface area contributed by atoms with Gasteiger partial charge in [-0.3, -0.25) is 0 Å². The van der Waals surface area contributed by atoms with Crippen molar-refractivity contribution in [2.24, 2.45) is 5.73 Å². The Morgan fingerprint density at radius 2 is 2.00 bits per heavy atom. The minimum Gasteiger partial charge on any atom is -0.496 e. The minimum atomic E-state index is 0.0716. The maximum absolute atomic E-state index is 6.42. The van der Waals surface area contributed by atoms with E-state index in [1.165, 1.54) is 5.56 Å². The molecule has 0 aromatic heterocycles. The Morgan fingerprint density at radius 3 is 2.41 bits per heavy atom. The van der Waals surface area contributed by atoms with Crippen LogP contribution >= 0.6 is 11.6 Å². The number of rotatable bonds is 3. The molecule has 1 aliphatic rings. The molecule has 0 spiro atoms. The van der Waals surface area contributed by atoms with Gasteiger partial charge in [0.05, 0.1) is 7.11 Å². The second-order valence-corrected chi connectivity index (χ2v) is 5.56. The van der Waals surface area contributed by atoms with E-state index in [2.05, 4.69) is 13.8 Å². The van der Waals surface area contributed by atoms with E-state index < -0.39 is 0 Å². The maximum atomic E-state index is 6.42. The van der Waals surface area contributed by atoms with E-state index in [-0.39, 0.29) is 11.5 Å². The van der Waals surface area contributed by atoms with Crippen molar-refractivity contribution in [3.8, 4) is 5.75 Å². The Bertz CT molecular complexity index is 450. The second-order valence-electron chi connectivity index (χ2n) is 5.15. The molecule has 0 amide bonds. The molecule has 1 aromatic rings. The van der Waals surface area contributed by atoms with Crippen molar-refractivity contribution in [3.05, 3.63) is 27.8 Å². The van der Waals surface area contributed by atoms with Crippen molar-refractivity contribution < 1.29 is 4.74 Å². The third kappa shape index (κ3) is 1.84. The van der Waals surface area contributed by atoms with Crippen LogP contribution in [0.25, 0.3) is 0 Å². The third-order valence-electron chi connectivity index (χ3n) is 4.02. The summed E-state index contributed by atoms with van der Waals surface area (Å²) in [6, 6.07) is 2.12. The summed E-state index contributed by atoms with van der Waals surface area (Å²) in [7, 11) is 1.71. The van der Waals surface area contributed by atoms with Crippen LogP contribution in [-0.2, 0) is 5.41 Å². The molecule has 2 N–H and O–H groups in total. The predicted octanol–water partition coefficient (Wildman–Crippen LogP) is 3.34. The lowest BCUT2D eigenvalue weighted by Gasteiger charge is -2.25. The maximum Gasteiger partial charge on any atom is 0.125 e. The monoisotopic (exact) mass is 253 g/mol. The fourth-order valence-corrected chi connectivity index (χ4v) is 3.40. The van der Waals surface area contributed by atoms with Gasteiger partial charge in [0.15, 0.2) is 0 Å². The Morgan fingerprint density at radius 1 is 1.41 bits per heavy atom. The van der Waals surface area contributed by atoms with Crippen molar-refractivity contribution in [1.29, 1.82) is 0 Å². The standard InChI is InChI=1S/C14H20ClNO/c1-8-7-11(15)12(9(2)13(8)17-4)14(5-6-14)10(3)16/h7,10H,5-6,16H2,1-4H3. The summed E-state index contributed by atoms with van der Waals surface area (Å²) in [6.45, 7) is 6.16. The first kappa shape index (κ1) is 12.7. The average Bonchev–Trinajstić information content (AvgIpc) is 2.98. The topological polar surface area (TPSA) is 35.2 Å². The van der Waals surface area contributed by atoms with Crippen molar-refractivity contribution in [1.82, 2.24) is 0 Å². The van der Waals surface area contributed by atoms with Crippen molar-refractivity contribution >= 4 is 11.6 Å². The molecule has 0 saturated heterocycles. The van der Waals surface area contributed by atoms with Crippen LogP contribution in [-0.4, -0.2) is 13.2 Å². The third-order valence-corrected chi connectivity index (χ3v) is 4.32. The minimum absolute atomic E-state index is 0.0716. The summed E-state index contributed by atoms with van der Waals surface area (Å²) in [6.07, 6.45) is 2.24. The number of nitrogens with two attached hydrogens (primary N) is 1. The quantitative estimate of drug-likeness (QED) is 0.897. The number of aryl methyl sites for hydroxylation is 1. The van der Waals surface area contributed by atoms with Crippen LogP contribution in [0.5, 0.6) is 5.75 Å². The molecule has 0 aliphatic heterocycles. The highest BCUT2D eigenvalue weighted by molar-refractivity contribution is 6.31. The first-order valence-electron chi connectivity index (χ1n) is 6.04. The Kier molecular flexibility index (Phi) is 3.13. The normalized spacial score (nSPS) is 18.9. The van der Waals surface area contributed by atoms with Gasteiger partial charge in [0, 0.05) is 16.5 Å². The molecule has 17 heavy (non-hydrogen) atoms. The van der Waals surface area contributed by atoms with Gasteiger partial charge in [-0.2, -0.15) is 0 Å². The molecule has 1 atom stereocenters. The lowest BCUT2D eigenvalue weighted by molar-refractivity contribution is 0.406. The number of ether oxygens (including phenoxy) is 1. The van der Waals surface area contributed by atoms with Crippen molar-refractivity contribution in [2.45, 2.75) is 45.1 Å². The lowest BCUT2D eigenvalue weighted by atomic mass is 9.85. The molecule has 0 bridgehead atoms. The van der Waals surface area contributed by atoms with E-state index in [1.54, 1.807) is 7.11 Å². The van der Waals surface area contributed by atoms with Crippen LogP contribution in [0, 0.1) is 13.8 Å². The fraction of sp³-hybridized carbons (Fsp3) is 0.571. The Balaban J connectivity index is 2.62. The summed E-state index contributed by atoms with van der Waals surface area (Å²) in [5, 5.41) is 0.829. The predicted molar refractivity (Wildman–Crippen MR) is 72.0 cm³/mol. The lowest BCUT2D eigenvalue weighted by Crippen LogP contribution is -2.32. The highest BCUT2D eigenvalue weighted by Gasteiger charge is 2.49. The van der Waals surface area contributed by atoms with E-state index in [0.29, 0.717) is 0 Å². The van der Waals surface area contributed by atoms with Gasteiger partial charge in [0.2, 0.25) is 0 Å². The van der Waals surface area contributed by atoms with Crippen LogP contribution < -0.4 is 10.5 Å². The van der Waals surface area contributed by atoms with Crippen LogP contribution in [0.15, 0.2) is 6.07 Å². The number of benzene rings is 1. The fourth-order valence-electron chi connectivity index (χ4n) is 2.91. The molecule has 2 rings (SSSR count). The molecule has 1 aliphatic carbocycles. The molecule has 3 heteroatoms. The van der Waals surface area contributed by atoms with Gasteiger partial charge >= 0.3 is 0 Å². The number of halogens is 1. The first-order chi connectivity index (χ1) is 7.94. The number of hydrogen-bond acceptors (Lipinski definition) is 2. The smallest absolute Gasteiger partial charge is 0.125 e. The van der Waals surface area contributed by atoms with E-state index in [4.69, 9.17) is 22.1 Å². The molecule has 0 radical (unpaired) electrons. The molecular formula is C14H20ClNO. The summed E-state index contributed by atoms with van der Waals surface area (Å²) < 4.78 is 5.47. The molecule has 1 saturated carbocycles. The van der Waals surface area contributed by atoms with Crippen molar-refractivity contribution in [2.75, 3.05) is 7.11 Å². The molecule has 2 nitrogen and oxygen atoms in total. The van der Waals surface area contributed by atoms with E-state index >= 15 is 0 Å². The van der Waals surface area contributed by atoms with Gasteiger partial charge in [0.25, 0.3) is 0 Å². The molecular weight excluding hydrogens is 234 g/mol. The SMILES string of the molecule is COc1c(C)cc(Cl)c(C2(C(C)N)CC2)c1C. The van der Waals surface area contributed by atoms with Crippen LogP contribution in [0.1, 0.15) is 36.5 Å². The van der Waals surface area contributed by atoms with Gasteiger partial charge < -0.3 is 10.5 Å². The highest BCUT2D eigenvalue weighted by atomic mass is 35.5. The van der Waals surface area contributed by atoms with Gasteiger partial charge in [0.1, 0.15) is 5.75 Å². The zero-order chi connectivity index (χ0) is 12.8. The first-order valence-corrected chi connectivity index (χ1v) is 6.41. The Hall–Kier alpha value is -0.730. The zero-order valence-corrected chi connectivity index (χ0v) is 11.7. The summed E-state index contributed by atoms with van der Waals surface area (Å²) in [5.74, 6) is 0.941. The highest BCUT2D eigenvalue weighted by Crippen LogP contribution is 2.55. The van der Waals surface area contributed by atoms with E-state index in [0.717, 1.165) is 34.7 Å². The van der Waals surface area contributed by atoms with Gasteiger partial charge in [-0.25, -0.2) is 0 Å². The van der Waals surface area contributed by atoms with Gasteiger partial charge in [-0.1, -0.05) is 11.6 Å². The van der Waals surface area contributed by atoms with Gasteiger partial charge in [-0.05, 0) is 56.4 Å². The van der Waals surface area contributed by atoms with Gasteiger partial charge in [-0.15, -0.1) is 0 Å². The summed E-state index contributed by atoms with van der Waals surface area (Å²) in [4.78, 5) is 0. The largest absolute Gasteiger partial charge is 0.496 e. The Labute approximate surface area is 108 Å². The number of hydrogen-bond donors (Lipinski definition) is 1. The molecule has 0 heterocycles. The summed E-state index contributed by atoms with van der Waals surface area (Å²) in [5.41, 5.74) is 9.62. The average molecular weight is 254 g/mol. The van der Waals surface area contributed by atoms with Crippen molar-refractivity contribution in [3.63, 3.8) is 0 Å². The van der Waals surface area contributed by atoms with E-state index in [1.807, 2.05) is 13.0 Å². The molecule has 1 aromatic carbocycles. The number of methoxy groups -OCH3 is 1. The zero-order valence-electron chi connectivity index (χ0n) is 10.9. The molecule has 1 fully saturated rings. The van der Waals surface area contributed by atoms with Crippen LogP contribution in [0.4, 0.5) is 0 Å². The van der Waals surface area contributed by atoms with Crippen LogP contribution in [0.3, 0.4) is 0 Å². The van der Waals surface area contributed by atoms with E-state index in [9.17, 15) is 0 Å². The molecule has 1 unspecified atom stereocenters.